The topological polar surface area (TPSA) is 56.2 Å². The predicted molar refractivity (Wildman–Crippen MR) is 80.8 cm³/mol. The summed E-state index contributed by atoms with van der Waals surface area (Å²) in [4.78, 5) is 16.6. The molecular formula is C16H21N3O2. The molecule has 0 spiro atoms. The molecular weight excluding hydrogens is 266 g/mol. The summed E-state index contributed by atoms with van der Waals surface area (Å²) in [5, 5.41) is 3.16. The molecule has 0 saturated carbocycles. The molecule has 5 nitrogen and oxygen atoms in total. The summed E-state index contributed by atoms with van der Waals surface area (Å²) in [5.41, 5.74) is 0.0457. The summed E-state index contributed by atoms with van der Waals surface area (Å²) in [5.74, 6) is 0.645. The highest BCUT2D eigenvalue weighted by Crippen LogP contribution is 2.27. The quantitative estimate of drug-likeness (QED) is 0.824. The Bertz CT molecular complexity index is 595. The molecule has 2 rings (SSSR count). The van der Waals surface area contributed by atoms with Gasteiger partial charge in [0, 0.05) is 18.9 Å². The lowest BCUT2D eigenvalue weighted by molar-refractivity contribution is -0.149. The third kappa shape index (κ3) is 2.97. The Hall–Kier alpha value is -2.14. The van der Waals surface area contributed by atoms with E-state index < -0.39 is 5.54 Å². The van der Waals surface area contributed by atoms with Crippen molar-refractivity contribution in [3.05, 3.63) is 54.1 Å². The van der Waals surface area contributed by atoms with Crippen molar-refractivity contribution < 1.29 is 9.53 Å². The highest BCUT2D eigenvalue weighted by Gasteiger charge is 2.39. The molecule has 0 bridgehead atoms. The van der Waals surface area contributed by atoms with Gasteiger partial charge in [-0.25, -0.2) is 9.78 Å². The maximum atomic E-state index is 12.4. The van der Waals surface area contributed by atoms with Crippen LogP contribution >= 0.6 is 0 Å². The fraction of sp³-hybridized carbons (Fsp3) is 0.375. The highest BCUT2D eigenvalue weighted by molar-refractivity contribution is 5.82. The van der Waals surface area contributed by atoms with Crippen LogP contribution in [-0.4, -0.2) is 29.7 Å². The van der Waals surface area contributed by atoms with E-state index in [1.807, 2.05) is 48.0 Å². The molecule has 0 fully saturated rings. The smallest absolute Gasteiger partial charge is 0.330 e. The Kier molecular flexibility index (Phi) is 4.75. The summed E-state index contributed by atoms with van der Waals surface area (Å²) in [6, 6.07) is 9.66. The first-order valence-corrected chi connectivity index (χ1v) is 6.94. The van der Waals surface area contributed by atoms with Gasteiger partial charge >= 0.3 is 5.97 Å². The number of ether oxygens (including phenoxy) is 1. The van der Waals surface area contributed by atoms with Gasteiger partial charge < -0.3 is 14.6 Å². The number of hydrogen-bond acceptors (Lipinski definition) is 4. The van der Waals surface area contributed by atoms with Crippen molar-refractivity contribution in [3.63, 3.8) is 0 Å². The largest absolute Gasteiger partial charge is 0.467 e. The second-order valence-corrected chi connectivity index (χ2v) is 4.93. The number of hydrogen-bond donors (Lipinski definition) is 1. The van der Waals surface area contributed by atoms with Crippen molar-refractivity contribution in [2.45, 2.75) is 25.4 Å². The van der Waals surface area contributed by atoms with Crippen molar-refractivity contribution in [2.75, 3.05) is 14.2 Å². The maximum absolute atomic E-state index is 12.4. The number of esters is 1. The minimum absolute atomic E-state index is 0.283. The lowest BCUT2D eigenvalue weighted by Gasteiger charge is -2.31. The van der Waals surface area contributed by atoms with E-state index in [1.54, 1.807) is 13.2 Å². The van der Waals surface area contributed by atoms with Crippen LogP contribution in [0.4, 0.5) is 0 Å². The summed E-state index contributed by atoms with van der Waals surface area (Å²) in [7, 11) is 3.20. The number of carbonyl (C=O) groups excluding carboxylic acids is 1. The highest BCUT2D eigenvalue weighted by atomic mass is 16.5. The van der Waals surface area contributed by atoms with Crippen LogP contribution in [0, 0.1) is 6.92 Å². The molecule has 2 aromatic rings. The SMILES string of the molecule is CNC(CCn1ccnc1C)(C(=O)OC)c1ccccc1. The zero-order chi connectivity index (χ0) is 15.3. The maximum Gasteiger partial charge on any atom is 0.330 e. The van der Waals surface area contributed by atoms with Gasteiger partial charge in [0.05, 0.1) is 7.11 Å². The fourth-order valence-corrected chi connectivity index (χ4v) is 2.56. The zero-order valence-electron chi connectivity index (χ0n) is 12.7. The van der Waals surface area contributed by atoms with Gasteiger partial charge in [0.2, 0.25) is 0 Å². The van der Waals surface area contributed by atoms with E-state index in [0.29, 0.717) is 13.0 Å². The van der Waals surface area contributed by atoms with Gasteiger partial charge in [0.1, 0.15) is 11.4 Å². The number of nitrogens with zero attached hydrogens (tertiary/aromatic N) is 2. The number of imidazole rings is 1. The van der Waals surface area contributed by atoms with E-state index in [1.165, 1.54) is 7.11 Å². The molecule has 5 heteroatoms. The number of likely N-dealkylation sites (N-methyl/N-ethyl adjacent to an activating group) is 1. The Morgan fingerprint density at radius 1 is 1.38 bits per heavy atom. The molecule has 1 unspecified atom stereocenters. The van der Waals surface area contributed by atoms with E-state index in [4.69, 9.17) is 4.74 Å². The van der Waals surface area contributed by atoms with Gasteiger partial charge in [-0.2, -0.15) is 0 Å². The van der Waals surface area contributed by atoms with Gasteiger partial charge in [-0.3, -0.25) is 0 Å². The minimum atomic E-state index is -0.854. The van der Waals surface area contributed by atoms with Crippen molar-refractivity contribution >= 4 is 5.97 Å². The second kappa shape index (κ2) is 6.54. The van der Waals surface area contributed by atoms with Crippen LogP contribution in [-0.2, 0) is 21.6 Å². The van der Waals surface area contributed by atoms with Crippen LogP contribution in [0.5, 0.6) is 0 Å². The van der Waals surface area contributed by atoms with Crippen molar-refractivity contribution in [2.24, 2.45) is 0 Å². The average Bonchev–Trinajstić information content (AvgIpc) is 2.94. The van der Waals surface area contributed by atoms with Crippen molar-refractivity contribution in [3.8, 4) is 0 Å². The van der Waals surface area contributed by atoms with E-state index >= 15 is 0 Å². The van der Waals surface area contributed by atoms with Crippen LogP contribution in [0.3, 0.4) is 0 Å². The number of benzene rings is 1. The monoisotopic (exact) mass is 287 g/mol. The molecule has 0 aliphatic heterocycles. The zero-order valence-corrected chi connectivity index (χ0v) is 12.7. The van der Waals surface area contributed by atoms with Crippen LogP contribution in [0.2, 0.25) is 0 Å². The number of carbonyl (C=O) groups is 1. The number of rotatable bonds is 6. The predicted octanol–water partition coefficient (Wildman–Crippen LogP) is 1.87. The van der Waals surface area contributed by atoms with E-state index in [2.05, 4.69) is 10.3 Å². The van der Waals surface area contributed by atoms with Crippen molar-refractivity contribution in [1.29, 1.82) is 0 Å². The summed E-state index contributed by atoms with van der Waals surface area (Å²) >= 11 is 0. The molecule has 1 aromatic carbocycles. The Morgan fingerprint density at radius 2 is 2.10 bits per heavy atom. The van der Waals surface area contributed by atoms with E-state index in [0.717, 1.165) is 11.4 Å². The molecule has 21 heavy (non-hydrogen) atoms. The number of nitrogens with one attached hydrogen (secondary N) is 1. The molecule has 1 aromatic heterocycles. The van der Waals surface area contributed by atoms with Crippen LogP contribution in [0.25, 0.3) is 0 Å². The number of aryl methyl sites for hydroxylation is 2. The molecule has 1 N–H and O–H groups in total. The molecule has 1 heterocycles. The second-order valence-electron chi connectivity index (χ2n) is 4.93. The lowest BCUT2D eigenvalue weighted by Crippen LogP contribution is -2.48. The molecule has 0 aliphatic rings. The van der Waals surface area contributed by atoms with Crippen LogP contribution in [0.1, 0.15) is 17.8 Å². The minimum Gasteiger partial charge on any atom is -0.467 e. The summed E-state index contributed by atoms with van der Waals surface area (Å²) in [6.45, 7) is 2.62. The first kappa shape index (κ1) is 15.3. The molecule has 112 valence electrons. The number of aromatic nitrogens is 2. The van der Waals surface area contributed by atoms with Crippen LogP contribution in [0.15, 0.2) is 42.7 Å². The van der Waals surface area contributed by atoms with Crippen molar-refractivity contribution in [1.82, 2.24) is 14.9 Å². The Balaban J connectivity index is 2.32. The standard InChI is InChI=1S/C16H21N3O2/c1-13-18-10-12-19(13)11-9-16(17-2,15(20)21-3)14-7-5-4-6-8-14/h4-8,10,12,17H,9,11H2,1-3H3. The molecule has 0 aliphatic carbocycles. The Labute approximate surface area is 125 Å². The lowest BCUT2D eigenvalue weighted by atomic mass is 9.86. The number of methoxy groups -OCH3 is 1. The van der Waals surface area contributed by atoms with Gasteiger partial charge in [0.15, 0.2) is 0 Å². The van der Waals surface area contributed by atoms with E-state index in [9.17, 15) is 4.79 Å². The first-order chi connectivity index (χ1) is 10.1. The third-order valence-corrected chi connectivity index (χ3v) is 3.88. The third-order valence-electron chi connectivity index (χ3n) is 3.88. The van der Waals surface area contributed by atoms with Gasteiger partial charge in [-0.15, -0.1) is 0 Å². The van der Waals surface area contributed by atoms with Gasteiger partial charge in [0.25, 0.3) is 0 Å². The summed E-state index contributed by atoms with van der Waals surface area (Å²) in [6.07, 6.45) is 4.26. The molecule has 0 saturated heterocycles. The average molecular weight is 287 g/mol. The van der Waals surface area contributed by atoms with E-state index in [-0.39, 0.29) is 5.97 Å². The van der Waals surface area contributed by atoms with Gasteiger partial charge in [-0.05, 0) is 26.0 Å². The Morgan fingerprint density at radius 3 is 2.62 bits per heavy atom. The van der Waals surface area contributed by atoms with Gasteiger partial charge in [-0.1, -0.05) is 30.3 Å². The molecule has 0 amide bonds. The molecule has 1 atom stereocenters. The van der Waals surface area contributed by atoms with Crippen LogP contribution < -0.4 is 5.32 Å². The summed E-state index contributed by atoms with van der Waals surface area (Å²) < 4.78 is 7.06. The normalized spacial score (nSPS) is 13.7. The fourth-order valence-electron chi connectivity index (χ4n) is 2.56. The molecule has 0 radical (unpaired) electrons. The first-order valence-electron chi connectivity index (χ1n) is 6.94.